The van der Waals surface area contributed by atoms with Gasteiger partial charge in [0.25, 0.3) is 0 Å². The summed E-state index contributed by atoms with van der Waals surface area (Å²) < 4.78 is 7.46. The van der Waals surface area contributed by atoms with Crippen molar-refractivity contribution in [3.05, 3.63) is 11.6 Å². The summed E-state index contributed by atoms with van der Waals surface area (Å²) >= 11 is 3.50. The zero-order chi connectivity index (χ0) is 12.5. The molecule has 2 aliphatic rings. The molecule has 0 aliphatic heterocycles. The lowest BCUT2D eigenvalue weighted by Gasteiger charge is -2.08. The number of alkyl halides is 1. The van der Waals surface area contributed by atoms with Gasteiger partial charge in [-0.1, -0.05) is 28.8 Å². The average molecular weight is 314 g/mol. The van der Waals surface area contributed by atoms with Crippen LogP contribution in [0.4, 0.5) is 0 Å². The van der Waals surface area contributed by atoms with Crippen molar-refractivity contribution in [3.8, 4) is 0 Å². The van der Waals surface area contributed by atoms with Gasteiger partial charge >= 0.3 is 0 Å². The van der Waals surface area contributed by atoms with Gasteiger partial charge in [0.1, 0.15) is 11.6 Å². The first kappa shape index (κ1) is 12.6. The van der Waals surface area contributed by atoms with Crippen LogP contribution in [-0.4, -0.2) is 28.5 Å². The number of hydrogen-bond donors (Lipinski definition) is 0. The molecule has 0 saturated heterocycles. The van der Waals surface area contributed by atoms with E-state index >= 15 is 0 Å². The first-order valence-electron chi connectivity index (χ1n) is 6.83. The predicted octanol–water partition coefficient (Wildman–Crippen LogP) is 2.72. The third-order valence-corrected chi connectivity index (χ3v) is 4.95. The highest BCUT2D eigenvalue weighted by Gasteiger charge is 2.53. The van der Waals surface area contributed by atoms with Gasteiger partial charge in [-0.05, 0) is 24.7 Å². The fraction of sp³-hybridized carbons (Fsp3) is 0.846. The Hall–Kier alpha value is -0.420. The highest BCUT2D eigenvalue weighted by molar-refractivity contribution is 9.08. The number of aromatic nitrogens is 3. The Labute approximate surface area is 116 Å². The molecule has 0 aromatic carbocycles. The summed E-state index contributed by atoms with van der Waals surface area (Å²) in [5.41, 5.74) is 0. The van der Waals surface area contributed by atoms with Crippen molar-refractivity contribution in [2.24, 2.45) is 11.8 Å². The van der Waals surface area contributed by atoms with Gasteiger partial charge in [0.05, 0.1) is 11.9 Å². The quantitative estimate of drug-likeness (QED) is 0.785. The van der Waals surface area contributed by atoms with Crippen molar-refractivity contribution >= 4 is 15.9 Å². The lowest BCUT2D eigenvalue weighted by atomic mass is 10.0. The third kappa shape index (κ3) is 2.11. The van der Waals surface area contributed by atoms with E-state index < -0.39 is 0 Å². The van der Waals surface area contributed by atoms with E-state index in [-0.39, 0.29) is 0 Å². The van der Waals surface area contributed by atoms with Crippen LogP contribution in [0.1, 0.15) is 43.3 Å². The number of hydrogen-bond acceptors (Lipinski definition) is 3. The molecular weight excluding hydrogens is 294 g/mol. The fourth-order valence-corrected chi connectivity index (χ4v) is 3.91. The van der Waals surface area contributed by atoms with Gasteiger partial charge in [0, 0.05) is 19.6 Å². The van der Waals surface area contributed by atoms with Gasteiger partial charge < -0.3 is 9.30 Å². The molecule has 2 saturated carbocycles. The molecule has 0 amide bonds. The van der Waals surface area contributed by atoms with E-state index in [9.17, 15) is 0 Å². The van der Waals surface area contributed by atoms with Gasteiger partial charge in [0.15, 0.2) is 0 Å². The van der Waals surface area contributed by atoms with E-state index in [1.165, 1.54) is 31.5 Å². The molecule has 2 fully saturated rings. The standard InChI is InChI=1S/C13H20BrN3O/c1-18-7-6-17-11(8-14)15-16-13(17)12-9-4-2-3-5-10(9)12/h9-10,12H,2-8H2,1H3. The second kappa shape index (κ2) is 5.29. The number of nitrogens with zero attached hydrogens (tertiary/aromatic N) is 3. The van der Waals surface area contributed by atoms with Crippen LogP contribution < -0.4 is 0 Å². The highest BCUT2D eigenvalue weighted by Crippen LogP contribution is 2.60. The summed E-state index contributed by atoms with van der Waals surface area (Å²) in [6.07, 6.45) is 5.57. The molecule has 5 heteroatoms. The molecule has 3 rings (SSSR count). The predicted molar refractivity (Wildman–Crippen MR) is 72.7 cm³/mol. The highest BCUT2D eigenvalue weighted by atomic mass is 79.9. The SMILES string of the molecule is COCCn1c(CBr)nnc1C1C2CCCCC21. The first-order valence-corrected chi connectivity index (χ1v) is 7.96. The lowest BCUT2D eigenvalue weighted by Crippen LogP contribution is -2.11. The van der Waals surface area contributed by atoms with Crippen molar-refractivity contribution in [2.75, 3.05) is 13.7 Å². The molecule has 1 aromatic heterocycles. The van der Waals surface area contributed by atoms with E-state index in [0.29, 0.717) is 5.92 Å². The molecular formula is C13H20BrN3O. The Balaban J connectivity index is 1.81. The van der Waals surface area contributed by atoms with Crippen LogP contribution >= 0.6 is 15.9 Å². The van der Waals surface area contributed by atoms with E-state index in [0.717, 1.165) is 36.1 Å². The first-order chi connectivity index (χ1) is 8.86. The van der Waals surface area contributed by atoms with E-state index in [1.54, 1.807) is 7.11 Å². The zero-order valence-corrected chi connectivity index (χ0v) is 12.4. The van der Waals surface area contributed by atoms with Gasteiger partial charge in [-0.15, -0.1) is 10.2 Å². The molecule has 0 bridgehead atoms. The summed E-state index contributed by atoms with van der Waals surface area (Å²) in [7, 11) is 1.74. The molecule has 2 unspecified atom stereocenters. The van der Waals surface area contributed by atoms with Crippen LogP contribution in [0, 0.1) is 11.8 Å². The molecule has 4 nitrogen and oxygen atoms in total. The normalized spacial score (nSPS) is 30.2. The topological polar surface area (TPSA) is 39.9 Å². The second-order valence-electron chi connectivity index (χ2n) is 5.39. The van der Waals surface area contributed by atoms with Crippen LogP contribution in [0.5, 0.6) is 0 Å². The van der Waals surface area contributed by atoms with Crippen LogP contribution in [0.25, 0.3) is 0 Å². The summed E-state index contributed by atoms with van der Waals surface area (Å²) in [5.74, 6) is 4.67. The van der Waals surface area contributed by atoms with Gasteiger partial charge in [0.2, 0.25) is 0 Å². The summed E-state index contributed by atoms with van der Waals surface area (Å²) in [6.45, 7) is 1.60. The van der Waals surface area contributed by atoms with Crippen molar-refractivity contribution < 1.29 is 4.74 Å². The molecule has 0 radical (unpaired) electrons. The lowest BCUT2D eigenvalue weighted by molar-refractivity contribution is 0.185. The molecule has 2 atom stereocenters. The number of rotatable bonds is 5. The van der Waals surface area contributed by atoms with Crippen LogP contribution in [0.2, 0.25) is 0 Å². The van der Waals surface area contributed by atoms with E-state index in [4.69, 9.17) is 4.74 Å². The molecule has 0 N–H and O–H groups in total. The molecule has 1 aromatic rings. The number of methoxy groups -OCH3 is 1. The largest absolute Gasteiger partial charge is 0.383 e. The van der Waals surface area contributed by atoms with Crippen molar-refractivity contribution in [1.82, 2.24) is 14.8 Å². The summed E-state index contributed by atoms with van der Waals surface area (Å²) in [6, 6.07) is 0. The van der Waals surface area contributed by atoms with E-state index in [2.05, 4.69) is 30.7 Å². The van der Waals surface area contributed by atoms with Crippen LogP contribution in [0.3, 0.4) is 0 Å². The zero-order valence-electron chi connectivity index (χ0n) is 10.8. The van der Waals surface area contributed by atoms with Crippen molar-refractivity contribution in [2.45, 2.75) is 43.5 Å². The Kier molecular flexibility index (Phi) is 3.71. The Morgan fingerprint density at radius 3 is 2.61 bits per heavy atom. The number of ether oxygens (including phenoxy) is 1. The van der Waals surface area contributed by atoms with Crippen molar-refractivity contribution in [1.29, 1.82) is 0 Å². The van der Waals surface area contributed by atoms with E-state index in [1.807, 2.05) is 0 Å². The smallest absolute Gasteiger partial charge is 0.143 e. The molecule has 100 valence electrons. The van der Waals surface area contributed by atoms with Crippen molar-refractivity contribution in [3.63, 3.8) is 0 Å². The second-order valence-corrected chi connectivity index (χ2v) is 5.95. The van der Waals surface area contributed by atoms with Gasteiger partial charge in [-0.2, -0.15) is 0 Å². The molecule has 1 heterocycles. The summed E-state index contributed by atoms with van der Waals surface area (Å²) in [5, 5.41) is 9.54. The average Bonchev–Trinajstić information content (AvgIpc) is 3.00. The molecule has 18 heavy (non-hydrogen) atoms. The Morgan fingerprint density at radius 1 is 1.28 bits per heavy atom. The minimum atomic E-state index is 0.671. The minimum absolute atomic E-state index is 0.671. The maximum Gasteiger partial charge on any atom is 0.143 e. The maximum absolute atomic E-state index is 5.20. The minimum Gasteiger partial charge on any atom is -0.383 e. The van der Waals surface area contributed by atoms with Gasteiger partial charge in [-0.25, -0.2) is 0 Å². The summed E-state index contributed by atoms with van der Waals surface area (Å²) in [4.78, 5) is 0. The number of halogens is 1. The van der Waals surface area contributed by atoms with Crippen LogP contribution in [-0.2, 0) is 16.6 Å². The third-order valence-electron chi connectivity index (χ3n) is 4.45. The van der Waals surface area contributed by atoms with Gasteiger partial charge in [-0.3, -0.25) is 0 Å². The maximum atomic E-state index is 5.20. The molecule has 0 spiro atoms. The Bertz CT molecular complexity index is 408. The van der Waals surface area contributed by atoms with Crippen LogP contribution in [0.15, 0.2) is 0 Å². The monoisotopic (exact) mass is 313 g/mol. The molecule has 2 aliphatic carbocycles. The number of fused-ring (bicyclic) bond motifs is 1. The fourth-order valence-electron chi connectivity index (χ4n) is 3.50. The Morgan fingerprint density at radius 2 is 2.00 bits per heavy atom.